The molecule has 0 aliphatic carbocycles. The highest BCUT2D eigenvalue weighted by atomic mass is 16.5. The molecule has 0 saturated heterocycles. The van der Waals surface area contributed by atoms with Gasteiger partial charge in [0.2, 0.25) is 0 Å². The van der Waals surface area contributed by atoms with Gasteiger partial charge in [-0.15, -0.1) is 0 Å². The van der Waals surface area contributed by atoms with E-state index in [9.17, 15) is 9.59 Å². The zero-order chi connectivity index (χ0) is 21.9. The third-order valence-corrected chi connectivity index (χ3v) is 5.15. The minimum atomic E-state index is -0.169. The first-order valence-corrected chi connectivity index (χ1v) is 10.9. The van der Waals surface area contributed by atoms with Gasteiger partial charge in [0.05, 0.1) is 0 Å². The van der Waals surface area contributed by atoms with Gasteiger partial charge in [0.15, 0.2) is 0 Å². The lowest BCUT2D eigenvalue weighted by Gasteiger charge is -2.09. The number of benzene rings is 2. The molecule has 162 valence electrons. The number of aryl methyl sites for hydroxylation is 4. The average Bonchev–Trinajstić information content (AvgIpc) is 2.69. The van der Waals surface area contributed by atoms with Gasteiger partial charge >= 0.3 is 11.9 Å². The fraction of sp³-hybridized carbons (Fsp3) is 0.462. The first-order chi connectivity index (χ1) is 14.3. The number of unbranched alkanes of at least 4 members (excludes halogenated alkanes) is 5. The van der Waals surface area contributed by atoms with Gasteiger partial charge in [0.25, 0.3) is 0 Å². The molecule has 0 N–H and O–H groups in total. The van der Waals surface area contributed by atoms with Gasteiger partial charge in [0.1, 0.15) is 11.5 Å². The molecule has 2 rings (SSSR count). The van der Waals surface area contributed by atoms with Gasteiger partial charge in [0, 0.05) is 12.8 Å². The quantitative estimate of drug-likeness (QED) is 0.239. The van der Waals surface area contributed by atoms with Crippen molar-refractivity contribution in [3.05, 3.63) is 58.7 Å². The van der Waals surface area contributed by atoms with Gasteiger partial charge in [-0.3, -0.25) is 9.59 Å². The molecule has 2 aromatic carbocycles. The van der Waals surface area contributed by atoms with E-state index in [0.29, 0.717) is 24.3 Å². The molecular formula is C26H34O4. The number of carbonyl (C=O) groups is 2. The standard InChI is InChI=1S/C26H34O4/c1-19-13-15-21(3)23(17-19)29-25(27)11-9-7-5-6-8-10-12-26(28)30-24-18-20(2)14-16-22(24)4/h13-18H,5-12H2,1-4H3. The van der Waals surface area contributed by atoms with Gasteiger partial charge in [-0.2, -0.15) is 0 Å². The van der Waals surface area contributed by atoms with Gasteiger partial charge in [-0.1, -0.05) is 49.9 Å². The van der Waals surface area contributed by atoms with Crippen molar-refractivity contribution < 1.29 is 19.1 Å². The second-order valence-electron chi connectivity index (χ2n) is 8.11. The highest BCUT2D eigenvalue weighted by molar-refractivity contribution is 5.73. The van der Waals surface area contributed by atoms with Crippen LogP contribution in [0.25, 0.3) is 0 Å². The van der Waals surface area contributed by atoms with E-state index >= 15 is 0 Å². The maximum Gasteiger partial charge on any atom is 0.311 e. The fourth-order valence-electron chi connectivity index (χ4n) is 3.23. The van der Waals surface area contributed by atoms with Crippen LogP contribution >= 0.6 is 0 Å². The summed E-state index contributed by atoms with van der Waals surface area (Å²) in [6, 6.07) is 11.8. The van der Waals surface area contributed by atoms with Crippen LogP contribution in [0.2, 0.25) is 0 Å². The van der Waals surface area contributed by atoms with E-state index in [1.54, 1.807) is 0 Å². The van der Waals surface area contributed by atoms with Crippen LogP contribution in [0.3, 0.4) is 0 Å². The monoisotopic (exact) mass is 410 g/mol. The summed E-state index contributed by atoms with van der Waals surface area (Å²) >= 11 is 0. The number of carbonyl (C=O) groups excluding carboxylic acids is 2. The van der Waals surface area contributed by atoms with Crippen LogP contribution in [-0.2, 0) is 9.59 Å². The molecule has 0 radical (unpaired) electrons. The molecule has 0 aliphatic rings. The molecule has 0 spiro atoms. The number of rotatable bonds is 11. The Morgan fingerprint density at radius 1 is 0.600 bits per heavy atom. The first-order valence-electron chi connectivity index (χ1n) is 10.9. The van der Waals surface area contributed by atoms with E-state index in [-0.39, 0.29) is 11.9 Å². The maximum atomic E-state index is 12.0. The van der Waals surface area contributed by atoms with Crippen LogP contribution in [0.1, 0.15) is 73.6 Å². The minimum Gasteiger partial charge on any atom is -0.426 e. The topological polar surface area (TPSA) is 52.6 Å². The van der Waals surface area contributed by atoms with E-state index in [2.05, 4.69) is 0 Å². The van der Waals surface area contributed by atoms with Crippen molar-refractivity contribution in [3.63, 3.8) is 0 Å². The number of hydrogen-bond acceptors (Lipinski definition) is 4. The molecule has 0 bridgehead atoms. The summed E-state index contributed by atoms with van der Waals surface area (Å²) in [4.78, 5) is 24.0. The molecule has 0 fully saturated rings. The lowest BCUT2D eigenvalue weighted by atomic mass is 10.1. The number of esters is 2. The summed E-state index contributed by atoms with van der Waals surface area (Å²) in [6.45, 7) is 7.86. The Morgan fingerprint density at radius 3 is 1.37 bits per heavy atom. The lowest BCUT2D eigenvalue weighted by molar-refractivity contribution is -0.135. The largest absolute Gasteiger partial charge is 0.426 e. The van der Waals surface area contributed by atoms with Gasteiger partial charge < -0.3 is 9.47 Å². The molecule has 30 heavy (non-hydrogen) atoms. The minimum absolute atomic E-state index is 0.169. The van der Waals surface area contributed by atoms with Gasteiger partial charge in [-0.25, -0.2) is 0 Å². The predicted molar refractivity (Wildman–Crippen MR) is 120 cm³/mol. The molecule has 0 aliphatic heterocycles. The molecule has 2 aromatic rings. The smallest absolute Gasteiger partial charge is 0.311 e. The average molecular weight is 411 g/mol. The summed E-state index contributed by atoms with van der Waals surface area (Å²) in [5, 5.41) is 0. The SMILES string of the molecule is Cc1ccc(C)c(OC(=O)CCCCCCCCC(=O)Oc2cc(C)ccc2C)c1. The van der Waals surface area contributed by atoms with Crippen molar-refractivity contribution in [2.24, 2.45) is 0 Å². The summed E-state index contributed by atoms with van der Waals surface area (Å²) in [7, 11) is 0. The first kappa shape index (κ1) is 23.7. The molecule has 4 heteroatoms. The second-order valence-corrected chi connectivity index (χ2v) is 8.11. The summed E-state index contributed by atoms with van der Waals surface area (Å²) in [6.07, 6.45) is 6.65. The molecule has 0 unspecified atom stereocenters. The zero-order valence-corrected chi connectivity index (χ0v) is 18.8. The second kappa shape index (κ2) is 12.2. The van der Waals surface area contributed by atoms with E-state index < -0.39 is 0 Å². The highest BCUT2D eigenvalue weighted by Crippen LogP contribution is 2.21. The van der Waals surface area contributed by atoms with E-state index in [4.69, 9.17) is 9.47 Å². The maximum absolute atomic E-state index is 12.0. The number of ether oxygens (including phenoxy) is 2. The Kier molecular flexibility index (Phi) is 9.59. The van der Waals surface area contributed by atoms with Crippen LogP contribution in [0.5, 0.6) is 11.5 Å². The van der Waals surface area contributed by atoms with E-state index in [1.165, 1.54) is 0 Å². The van der Waals surface area contributed by atoms with Gasteiger partial charge in [-0.05, 0) is 74.9 Å². The van der Waals surface area contributed by atoms with Crippen molar-refractivity contribution in [3.8, 4) is 11.5 Å². The summed E-state index contributed by atoms with van der Waals surface area (Å²) in [5.74, 6) is 0.983. The van der Waals surface area contributed by atoms with Crippen LogP contribution < -0.4 is 9.47 Å². The Labute approximate surface area is 180 Å². The molecule has 0 aromatic heterocycles. The van der Waals surface area contributed by atoms with Crippen molar-refractivity contribution in [1.82, 2.24) is 0 Å². The Balaban J connectivity index is 1.52. The Morgan fingerprint density at radius 2 is 0.967 bits per heavy atom. The fourth-order valence-corrected chi connectivity index (χ4v) is 3.23. The molecule has 0 heterocycles. The third-order valence-electron chi connectivity index (χ3n) is 5.15. The van der Waals surface area contributed by atoms with Crippen LogP contribution in [-0.4, -0.2) is 11.9 Å². The van der Waals surface area contributed by atoms with E-state index in [1.807, 2.05) is 64.1 Å². The summed E-state index contributed by atoms with van der Waals surface area (Å²) < 4.78 is 10.9. The molecular weight excluding hydrogens is 376 g/mol. The van der Waals surface area contributed by atoms with E-state index in [0.717, 1.165) is 60.8 Å². The zero-order valence-electron chi connectivity index (χ0n) is 18.8. The van der Waals surface area contributed by atoms with Crippen molar-refractivity contribution in [2.75, 3.05) is 0 Å². The third kappa shape index (κ3) is 8.40. The molecule has 4 nitrogen and oxygen atoms in total. The van der Waals surface area contributed by atoms with Crippen LogP contribution in [0.15, 0.2) is 36.4 Å². The van der Waals surface area contributed by atoms with Crippen LogP contribution in [0, 0.1) is 27.7 Å². The Bertz CT molecular complexity index is 783. The molecule has 0 saturated carbocycles. The predicted octanol–water partition coefficient (Wildman–Crippen LogP) is 6.55. The molecule has 0 atom stereocenters. The molecule has 0 amide bonds. The normalized spacial score (nSPS) is 10.7. The van der Waals surface area contributed by atoms with Crippen molar-refractivity contribution in [2.45, 2.75) is 79.1 Å². The Hall–Kier alpha value is -2.62. The van der Waals surface area contributed by atoms with Crippen molar-refractivity contribution in [1.29, 1.82) is 0 Å². The lowest BCUT2D eigenvalue weighted by Crippen LogP contribution is -2.09. The van der Waals surface area contributed by atoms with Crippen LogP contribution in [0.4, 0.5) is 0 Å². The number of hydrogen-bond donors (Lipinski definition) is 0. The van der Waals surface area contributed by atoms with Crippen molar-refractivity contribution >= 4 is 11.9 Å². The highest BCUT2D eigenvalue weighted by Gasteiger charge is 2.09. The summed E-state index contributed by atoms with van der Waals surface area (Å²) in [5.41, 5.74) is 4.12.